The van der Waals surface area contributed by atoms with Crippen LogP contribution in [0.5, 0.6) is 5.75 Å². The highest BCUT2D eigenvalue weighted by atomic mass is 16.4. The Labute approximate surface area is 150 Å². The minimum Gasteiger partial charge on any atom is -0.507 e. The number of aromatic hydroxyl groups is 1. The molecule has 0 radical (unpaired) electrons. The maximum absolute atomic E-state index is 11.1. The molecule has 2 aromatic rings. The van der Waals surface area contributed by atoms with Crippen LogP contribution < -0.4 is 4.90 Å². The average molecular weight is 356 g/mol. The average Bonchev–Trinajstić information content (AvgIpc) is 2.61. The van der Waals surface area contributed by atoms with Gasteiger partial charge in [0.15, 0.2) is 0 Å². The third kappa shape index (κ3) is 4.38. The first-order valence-electron chi connectivity index (χ1n) is 8.09. The van der Waals surface area contributed by atoms with Gasteiger partial charge in [0.2, 0.25) is 0 Å². The molecule has 0 aliphatic carbocycles. The van der Waals surface area contributed by atoms with E-state index in [4.69, 9.17) is 10.2 Å². The number of anilines is 1. The molecule has 0 heterocycles. The minimum atomic E-state index is -1.24. The molecule has 0 saturated heterocycles. The summed E-state index contributed by atoms with van der Waals surface area (Å²) in [5, 5.41) is 28.4. The number of carbonyl (C=O) groups is 2. The summed E-state index contributed by atoms with van der Waals surface area (Å²) >= 11 is 0. The van der Waals surface area contributed by atoms with E-state index in [9.17, 15) is 14.7 Å². The highest BCUT2D eigenvalue weighted by molar-refractivity contribution is 5.96. The number of hydrogen-bond acceptors (Lipinski definition) is 5. The fourth-order valence-electron chi connectivity index (χ4n) is 2.50. The van der Waals surface area contributed by atoms with Gasteiger partial charge in [-0.3, -0.25) is 4.99 Å². The first-order valence-corrected chi connectivity index (χ1v) is 8.09. The zero-order valence-corrected chi connectivity index (χ0v) is 14.5. The Hall–Kier alpha value is -3.35. The predicted molar refractivity (Wildman–Crippen MR) is 99.3 cm³/mol. The molecular formula is C19H20N2O5. The van der Waals surface area contributed by atoms with Crippen LogP contribution in [0.1, 0.15) is 40.1 Å². The first kappa shape index (κ1) is 19.0. The van der Waals surface area contributed by atoms with Gasteiger partial charge >= 0.3 is 11.9 Å². The van der Waals surface area contributed by atoms with Gasteiger partial charge in [-0.2, -0.15) is 0 Å². The summed E-state index contributed by atoms with van der Waals surface area (Å²) < 4.78 is 0. The van der Waals surface area contributed by atoms with Gasteiger partial charge in [-0.15, -0.1) is 0 Å². The fraction of sp³-hybridized carbons (Fsp3) is 0.211. The number of nitrogens with zero attached hydrogens (tertiary/aromatic N) is 2. The van der Waals surface area contributed by atoms with Crippen molar-refractivity contribution in [1.29, 1.82) is 0 Å². The van der Waals surface area contributed by atoms with Crippen molar-refractivity contribution in [2.75, 3.05) is 18.0 Å². The second-order valence-electron chi connectivity index (χ2n) is 5.55. The molecule has 0 amide bonds. The minimum absolute atomic E-state index is 0.0333. The van der Waals surface area contributed by atoms with Crippen molar-refractivity contribution in [2.24, 2.45) is 4.99 Å². The lowest BCUT2D eigenvalue weighted by atomic mass is 10.1. The van der Waals surface area contributed by atoms with Gasteiger partial charge in [0.05, 0.1) is 16.8 Å². The summed E-state index contributed by atoms with van der Waals surface area (Å²) in [5.74, 6) is -2.45. The van der Waals surface area contributed by atoms with E-state index in [0.29, 0.717) is 5.56 Å². The third-order valence-electron chi connectivity index (χ3n) is 3.91. The summed E-state index contributed by atoms with van der Waals surface area (Å²) in [6.45, 7) is 5.66. The Bertz CT molecular complexity index is 825. The van der Waals surface area contributed by atoms with Crippen molar-refractivity contribution in [2.45, 2.75) is 13.8 Å². The number of phenolic OH excluding ortho intramolecular Hbond substituents is 1. The molecule has 0 unspecified atom stereocenters. The Morgan fingerprint density at radius 2 is 1.58 bits per heavy atom. The molecule has 0 atom stereocenters. The lowest BCUT2D eigenvalue weighted by Crippen LogP contribution is -2.21. The number of aromatic carboxylic acids is 2. The topological polar surface area (TPSA) is 110 Å². The highest BCUT2D eigenvalue weighted by Gasteiger charge is 2.11. The molecule has 0 saturated carbocycles. The van der Waals surface area contributed by atoms with Crippen LogP contribution in [-0.4, -0.2) is 46.6 Å². The number of phenols is 1. The summed E-state index contributed by atoms with van der Waals surface area (Å²) in [5.41, 5.74) is 1.16. The first-order chi connectivity index (χ1) is 12.3. The molecule has 0 bridgehead atoms. The second-order valence-corrected chi connectivity index (χ2v) is 5.55. The smallest absolute Gasteiger partial charge is 0.335 e. The second kappa shape index (κ2) is 8.15. The van der Waals surface area contributed by atoms with Crippen LogP contribution in [0.3, 0.4) is 0 Å². The van der Waals surface area contributed by atoms with Gasteiger partial charge in [-0.1, -0.05) is 0 Å². The zero-order valence-electron chi connectivity index (χ0n) is 14.5. The fourth-order valence-corrected chi connectivity index (χ4v) is 2.50. The van der Waals surface area contributed by atoms with Gasteiger partial charge < -0.3 is 20.2 Å². The molecule has 2 rings (SSSR count). The van der Waals surface area contributed by atoms with E-state index < -0.39 is 11.9 Å². The molecule has 0 aromatic heterocycles. The lowest BCUT2D eigenvalue weighted by Gasteiger charge is -2.21. The molecule has 26 heavy (non-hydrogen) atoms. The van der Waals surface area contributed by atoms with E-state index in [2.05, 4.69) is 9.89 Å². The third-order valence-corrected chi connectivity index (χ3v) is 3.91. The van der Waals surface area contributed by atoms with Crippen molar-refractivity contribution in [1.82, 2.24) is 0 Å². The summed E-state index contributed by atoms with van der Waals surface area (Å²) in [7, 11) is 0. The highest BCUT2D eigenvalue weighted by Crippen LogP contribution is 2.25. The van der Waals surface area contributed by atoms with Crippen molar-refractivity contribution in [3.63, 3.8) is 0 Å². The van der Waals surface area contributed by atoms with E-state index in [0.717, 1.165) is 24.8 Å². The van der Waals surface area contributed by atoms with Crippen molar-refractivity contribution in [3.05, 3.63) is 53.1 Å². The maximum Gasteiger partial charge on any atom is 0.335 e. The van der Waals surface area contributed by atoms with E-state index in [-0.39, 0.29) is 22.6 Å². The van der Waals surface area contributed by atoms with E-state index >= 15 is 0 Å². The van der Waals surface area contributed by atoms with Gasteiger partial charge in [-0.25, -0.2) is 9.59 Å². The molecule has 7 heteroatoms. The van der Waals surface area contributed by atoms with Gasteiger partial charge in [0, 0.05) is 36.6 Å². The maximum atomic E-state index is 11.1. The molecular weight excluding hydrogens is 336 g/mol. The quantitative estimate of drug-likeness (QED) is 0.656. The van der Waals surface area contributed by atoms with E-state index in [1.807, 2.05) is 19.9 Å². The zero-order chi connectivity index (χ0) is 19.3. The summed E-state index contributed by atoms with van der Waals surface area (Å²) in [6, 6.07) is 8.79. The van der Waals surface area contributed by atoms with Crippen molar-refractivity contribution in [3.8, 4) is 5.75 Å². The normalized spacial score (nSPS) is 10.8. The monoisotopic (exact) mass is 356 g/mol. The number of carboxylic acid groups (broad SMARTS) is 2. The van der Waals surface area contributed by atoms with Crippen LogP contribution in [0, 0.1) is 0 Å². The lowest BCUT2D eigenvalue weighted by molar-refractivity contribution is 0.0696. The van der Waals surface area contributed by atoms with Crippen molar-refractivity contribution < 1.29 is 24.9 Å². The largest absolute Gasteiger partial charge is 0.507 e. The Morgan fingerprint density at radius 3 is 2.04 bits per heavy atom. The number of carboxylic acids is 2. The van der Waals surface area contributed by atoms with E-state index in [1.165, 1.54) is 18.3 Å². The van der Waals surface area contributed by atoms with Gasteiger partial charge in [-0.05, 0) is 44.2 Å². The van der Waals surface area contributed by atoms with E-state index in [1.54, 1.807) is 12.1 Å². The summed E-state index contributed by atoms with van der Waals surface area (Å²) in [6.07, 6.45) is 1.37. The molecule has 0 aliphatic heterocycles. The van der Waals surface area contributed by atoms with Gasteiger partial charge in [0.1, 0.15) is 5.75 Å². The number of benzene rings is 2. The summed E-state index contributed by atoms with van der Waals surface area (Å²) in [4.78, 5) is 28.4. The Morgan fingerprint density at radius 1 is 1.00 bits per heavy atom. The molecule has 136 valence electrons. The Kier molecular flexibility index (Phi) is 5.95. The molecule has 0 spiro atoms. The Balaban J connectivity index is 2.35. The van der Waals surface area contributed by atoms with Crippen molar-refractivity contribution >= 4 is 29.5 Å². The number of aliphatic imine (C=N–C) groups is 1. The number of rotatable bonds is 7. The van der Waals surface area contributed by atoms with Gasteiger partial charge in [0.25, 0.3) is 0 Å². The molecule has 3 N–H and O–H groups in total. The van der Waals surface area contributed by atoms with Crippen LogP contribution in [0.15, 0.2) is 41.4 Å². The van der Waals surface area contributed by atoms with Crippen LogP contribution in [0.25, 0.3) is 0 Å². The van der Waals surface area contributed by atoms with Crippen LogP contribution in [0.4, 0.5) is 11.4 Å². The number of hydrogen-bond donors (Lipinski definition) is 3. The molecule has 0 fully saturated rings. The van der Waals surface area contributed by atoms with Crippen LogP contribution in [-0.2, 0) is 0 Å². The molecule has 7 nitrogen and oxygen atoms in total. The standard InChI is InChI=1S/C19H20N2O5/c1-3-21(4-2)16-6-5-12(17(22)10-16)11-20-15-8-13(18(23)24)7-14(9-15)19(25)26/h5-11,22H,3-4H2,1-2H3,(H,23,24)(H,25,26). The SMILES string of the molecule is CCN(CC)c1ccc(C=Nc2cc(C(=O)O)cc(C(=O)O)c2)c(O)c1. The van der Waals surface area contributed by atoms with Crippen LogP contribution in [0.2, 0.25) is 0 Å². The molecule has 2 aromatic carbocycles. The predicted octanol–water partition coefficient (Wildman–Crippen LogP) is 3.39. The van der Waals surface area contributed by atoms with Crippen LogP contribution >= 0.6 is 0 Å². The molecule has 0 aliphatic rings.